The van der Waals surface area contributed by atoms with Crippen LogP contribution >= 0.6 is 11.6 Å². The zero-order valence-corrected chi connectivity index (χ0v) is 38.1. The summed E-state index contributed by atoms with van der Waals surface area (Å²) in [6.45, 7) is 6.73. The Bertz CT molecular complexity index is 2920. The number of fused-ring (bicyclic) bond motifs is 2. The number of pyridine rings is 1. The molecule has 2 aliphatic rings. The summed E-state index contributed by atoms with van der Waals surface area (Å²) in [4.78, 5) is 33.6. The zero-order valence-electron chi connectivity index (χ0n) is 36.5. The number of nitrogens with one attached hydrogen (secondary N) is 2. The lowest BCUT2D eigenvalue weighted by Crippen LogP contribution is -2.39. The van der Waals surface area contributed by atoms with Crippen LogP contribution in [0.15, 0.2) is 42.5 Å². The molecule has 2 amide bonds. The van der Waals surface area contributed by atoms with E-state index in [2.05, 4.69) is 32.1 Å². The highest BCUT2D eigenvalue weighted by molar-refractivity contribution is 7.92. The number of alkyl halides is 5. The van der Waals surface area contributed by atoms with Crippen molar-refractivity contribution in [3.63, 3.8) is 0 Å². The van der Waals surface area contributed by atoms with Crippen LogP contribution in [0.25, 0.3) is 22.0 Å². The summed E-state index contributed by atoms with van der Waals surface area (Å²) in [6.07, 6.45) is -4.11. The van der Waals surface area contributed by atoms with Gasteiger partial charge in [0.25, 0.3) is 5.92 Å². The Hall–Kier alpha value is -5.88. The molecule has 1 fully saturated rings. The van der Waals surface area contributed by atoms with Crippen LogP contribution in [0.5, 0.6) is 0 Å². The van der Waals surface area contributed by atoms with Gasteiger partial charge in [0.05, 0.1) is 40.0 Å². The Morgan fingerprint density at radius 1 is 1.03 bits per heavy atom. The van der Waals surface area contributed by atoms with Gasteiger partial charge in [0, 0.05) is 42.3 Å². The van der Waals surface area contributed by atoms with Gasteiger partial charge in [-0.1, -0.05) is 37.4 Å². The number of aromatic nitrogens is 5. The van der Waals surface area contributed by atoms with E-state index in [9.17, 15) is 40.0 Å². The molecule has 5 aromatic rings. The lowest BCUT2D eigenvalue weighted by molar-refractivity contribution is -0.143. The van der Waals surface area contributed by atoms with Crippen LogP contribution in [0, 0.1) is 29.4 Å². The van der Waals surface area contributed by atoms with E-state index >= 15 is 8.78 Å². The Morgan fingerprint density at radius 2 is 1.70 bits per heavy atom. The van der Waals surface area contributed by atoms with Crippen molar-refractivity contribution in [3.05, 3.63) is 93.0 Å². The number of sulfonamides is 1. The molecule has 0 bridgehead atoms. The molecule has 2 N–H and O–H groups in total. The zero-order chi connectivity index (χ0) is 48.4. The second kappa shape index (κ2) is 17.4. The van der Waals surface area contributed by atoms with E-state index in [4.69, 9.17) is 21.3 Å². The molecule has 4 atom stereocenters. The summed E-state index contributed by atoms with van der Waals surface area (Å²) in [6, 6.07) is 6.64. The van der Waals surface area contributed by atoms with Crippen molar-refractivity contribution in [2.24, 2.45) is 13.0 Å². The fourth-order valence-corrected chi connectivity index (χ4v) is 9.15. The number of carbonyl (C=O) groups excluding carboxylic acids is 2. The maximum absolute atomic E-state index is 15.7. The Balaban J connectivity index is 1.39. The highest BCUT2D eigenvalue weighted by Gasteiger charge is 2.57. The Kier molecular flexibility index (Phi) is 12.7. The van der Waals surface area contributed by atoms with Gasteiger partial charge in [-0.3, -0.25) is 23.8 Å². The van der Waals surface area contributed by atoms with Crippen molar-refractivity contribution < 1.29 is 53.5 Å². The third-order valence-electron chi connectivity index (χ3n) is 11.4. The fourth-order valence-electron chi connectivity index (χ4n) is 8.41. The van der Waals surface area contributed by atoms with Crippen molar-refractivity contribution in [3.8, 4) is 23.0 Å². The van der Waals surface area contributed by atoms with E-state index in [0.29, 0.717) is 35.7 Å². The summed E-state index contributed by atoms with van der Waals surface area (Å²) in [5, 5.41) is 10.7. The van der Waals surface area contributed by atoms with Gasteiger partial charge in [-0.2, -0.15) is 32.1 Å². The number of likely N-dealkylation sites (tertiary alicyclic amines) is 1. The SMILES string of the molecule is C[C@@H]1c2c(C(F)(F)F)nn(CC(=O)N[C@@H](Cc3cc(F)cc(F)c3)c3nc(C#CC4CCCN4C(=O)OC(C)(C)C)ccc3-c3ccc(Cl)c4c(NS(C)(=O)=O)nn(C)c34)c2C(F)(F)[C@@H]1C. The number of nitrogens with zero attached hydrogens (tertiary/aromatic N) is 6. The summed E-state index contributed by atoms with van der Waals surface area (Å²) < 4.78 is 138. The third-order valence-corrected chi connectivity index (χ3v) is 12.2. The molecule has 4 heterocycles. The van der Waals surface area contributed by atoms with E-state index in [1.54, 1.807) is 32.9 Å². The van der Waals surface area contributed by atoms with E-state index in [1.807, 2.05) is 0 Å². The molecule has 1 unspecified atom stereocenters. The molecule has 3 aromatic heterocycles. The molecule has 22 heteroatoms. The molecule has 0 radical (unpaired) electrons. The topological polar surface area (TPSA) is 153 Å². The summed E-state index contributed by atoms with van der Waals surface area (Å²) in [5.41, 5.74) is -3.33. The average Bonchev–Trinajstić information content (AvgIpc) is 3.94. The van der Waals surface area contributed by atoms with Crippen molar-refractivity contribution in [1.82, 2.24) is 34.8 Å². The first-order valence-corrected chi connectivity index (χ1v) is 22.9. The van der Waals surface area contributed by atoms with Gasteiger partial charge in [0.1, 0.15) is 35.2 Å². The molecule has 352 valence electrons. The summed E-state index contributed by atoms with van der Waals surface area (Å²) in [5.74, 6) is -3.83. The normalized spacial score (nSPS) is 18.8. The number of ether oxygens (including phenoxy) is 1. The number of rotatable bonds is 9. The predicted molar refractivity (Wildman–Crippen MR) is 230 cm³/mol. The van der Waals surface area contributed by atoms with E-state index < -0.39 is 105 Å². The first-order valence-electron chi connectivity index (χ1n) is 20.6. The van der Waals surface area contributed by atoms with Gasteiger partial charge in [-0.05, 0) is 87.8 Å². The van der Waals surface area contributed by atoms with Crippen LogP contribution in [-0.2, 0) is 51.7 Å². The van der Waals surface area contributed by atoms with E-state index in [1.165, 1.54) is 35.7 Å². The minimum atomic E-state index is -5.14. The predicted octanol–water partition coefficient (Wildman–Crippen LogP) is 8.85. The highest BCUT2D eigenvalue weighted by atomic mass is 35.5. The molecule has 0 spiro atoms. The van der Waals surface area contributed by atoms with E-state index in [0.717, 1.165) is 25.3 Å². The average molecular weight is 965 g/mol. The largest absolute Gasteiger partial charge is 0.444 e. The second-order valence-electron chi connectivity index (χ2n) is 17.5. The van der Waals surface area contributed by atoms with Gasteiger partial charge >= 0.3 is 12.3 Å². The summed E-state index contributed by atoms with van der Waals surface area (Å²) >= 11 is 6.64. The number of anilines is 1. The van der Waals surface area contributed by atoms with Crippen molar-refractivity contribution in [2.75, 3.05) is 17.5 Å². The molecule has 2 aromatic carbocycles. The quantitative estimate of drug-likeness (QED) is 0.110. The molecule has 0 saturated carbocycles. The first kappa shape index (κ1) is 48.1. The number of hydrogen-bond donors (Lipinski definition) is 2. The molecular formula is C44H44ClF7N8O5S. The monoisotopic (exact) mass is 964 g/mol. The number of hydrogen-bond acceptors (Lipinski definition) is 8. The minimum absolute atomic E-state index is 0.0176. The van der Waals surface area contributed by atoms with Crippen LogP contribution < -0.4 is 10.0 Å². The van der Waals surface area contributed by atoms with Crippen LogP contribution in [-0.4, -0.2) is 74.3 Å². The standard InChI is InChI=1S/C44H44ClF7N8O5S/c1-22-23(2)43(48,49)39-34(22)38(44(50,51)52)55-60(39)21-33(61)54-32(19-24-17-25(46)20-26(47)18-24)36-29(30-14-15-31(45)35-37(30)58(6)56-40(35)57-66(7,63)64)13-11-27(53-36)10-12-28-9-8-16-59(28)41(62)65-42(3,4)5/h11,13-15,17-18,20,22-23,28,32H,8-9,16,19,21H2,1-7H3,(H,54,61)(H,56,57)/t22-,23+,28?,32-/m0/s1. The van der Waals surface area contributed by atoms with Crippen LogP contribution in [0.3, 0.4) is 0 Å². The van der Waals surface area contributed by atoms with Crippen LogP contribution in [0.1, 0.15) is 93.3 Å². The molecule has 66 heavy (non-hydrogen) atoms. The summed E-state index contributed by atoms with van der Waals surface area (Å²) in [7, 11) is -2.38. The van der Waals surface area contributed by atoms with Crippen molar-refractivity contribution in [1.29, 1.82) is 0 Å². The molecule has 7 rings (SSSR count). The molecule has 13 nitrogen and oxygen atoms in total. The fraction of sp³-hybridized carbons (Fsp3) is 0.432. The van der Waals surface area contributed by atoms with Crippen LogP contribution in [0.2, 0.25) is 5.02 Å². The second-order valence-corrected chi connectivity index (χ2v) is 19.6. The smallest absolute Gasteiger partial charge is 0.435 e. The maximum atomic E-state index is 15.7. The lowest BCUT2D eigenvalue weighted by atomic mass is 9.93. The number of benzene rings is 2. The van der Waals surface area contributed by atoms with Gasteiger partial charge in [0.2, 0.25) is 15.9 Å². The lowest BCUT2D eigenvalue weighted by Gasteiger charge is -2.26. The highest BCUT2D eigenvalue weighted by Crippen LogP contribution is 2.55. The third kappa shape index (κ3) is 9.80. The number of halogens is 8. The first-order chi connectivity index (χ1) is 30.6. The minimum Gasteiger partial charge on any atom is -0.444 e. The maximum Gasteiger partial charge on any atom is 0.435 e. The molecule has 1 aliphatic carbocycles. The van der Waals surface area contributed by atoms with Crippen molar-refractivity contribution in [2.45, 2.75) is 96.1 Å². The number of amides is 2. The Labute approximate surface area is 380 Å². The van der Waals surface area contributed by atoms with E-state index in [-0.39, 0.29) is 44.3 Å². The van der Waals surface area contributed by atoms with Gasteiger partial charge in [-0.15, -0.1) is 0 Å². The number of carbonyl (C=O) groups is 2. The van der Waals surface area contributed by atoms with Gasteiger partial charge in [-0.25, -0.2) is 27.0 Å². The molecule has 1 aliphatic heterocycles. The van der Waals surface area contributed by atoms with Crippen molar-refractivity contribution >= 4 is 50.3 Å². The Morgan fingerprint density at radius 3 is 2.33 bits per heavy atom. The van der Waals surface area contributed by atoms with Gasteiger partial charge in [0.15, 0.2) is 11.5 Å². The van der Waals surface area contributed by atoms with Crippen LogP contribution in [0.4, 0.5) is 41.3 Å². The molecular weight excluding hydrogens is 921 g/mol. The number of aryl methyl sites for hydroxylation is 1. The van der Waals surface area contributed by atoms with Gasteiger partial charge < -0.3 is 10.1 Å². The molecule has 1 saturated heterocycles.